The topological polar surface area (TPSA) is 55.2 Å². The molecule has 0 bridgehead atoms. The fourth-order valence-electron chi connectivity index (χ4n) is 4.26. The Hall–Kier alpha value is -2.86. The Balaban J connectivity index is 1.47. The summed E-state index contributed by atoms with van der Waals surface area (Å²) in [7, 11) is 1.75. The number of hydrogen-bond acceptors (Lipinski definition) is 5. The molecule has 2 aromatic carbocycles. The Morgan fingerprint density at radius 3 is 2.77 bits per heavy atom. The lowest BCUT2D eigenvalue weighted by Gasteiger charge is -2.37. The van der Waals surface area contributed by atoms with E-state index in [4.69, 9.17) is 4.74 Å². The third kappa shape index (κ3) is 5.00. The van der Waals surface area contributed by atoms with Crippen LogP contribution in [0.15, 0.2) is 61.2 Å². The SMILES string of the molecule is COc1ccccc1N1CCC[C@H](N[C@H](CCn2cncn2)c2ccc(C)cc2)C1. The molecule has 2 atom stereocenters. The van der Waals surface area contributed by atoms with Gasteiger partial charge in [0.1, 0.15) is 18.4 Å². The number of piperidine rings is 1. The van der Waals surface area contributed by atoms with Gasteiger partial charge in [0.15, 0.2) is 0 Å². The summed E-state index contributed by atoms with van der Waals surface area (Å²) < 4.78 is 7.51. The molecule has 4 rings (SSSR count). The summed E-state index contributed by atoms with van der Waals surface area (Å²) in [6.45, 7) is 5.02. The zero-order valence-corrected chi connectivity index (χ0v) is 17.9. The molecule has 0 amide bonds. The minimum atomic E-state index is 0.275. The van der Waals surface area contributed by atoms with E-state index in [-0.39, 0.29) is 6.04 Å². The Labute approximate surface area is 178 Å². The monoisotopic (exact) mass is 405 g/mol. The van der Waals surface area contributed by atoms with Crippen LogP contribution in [-0.2, 0) is 6.54 Å². The summed E-state index contributed by atoms with van der Waals surface area (Å²) in [5.41, 5.74) is 3.80. The normalized spacial score (nSPS) is 17.7. The number of benzene rings is 2. The van der Waals surface area contributed by atoms with E-state index in [0.29, 0.717) is 6.04 Å². The maximum Gasteiger partial charge on any atom is 0.142 e. The van der Waals surface area contributed by atoms with E-state index in [0.717, 1.165) is 31.8 Å². The lowest BCUT2D eigenvalue weighted by atomic mass is 9.98. The van der Waals surface area contributed by atoms with Crippen LogP contribution in [0.3, 0.4) is 0 Å². The van der Waals surface area contributed by atoms with Crippen molar-refractivity contribution in [2.75, 3.05) is 25.1 Å². The van der Waals surface area contributed by atoms with Gasteiger partial charge in [-0.2, -0.15) is 5.10 Å². The number of nitrogens with zero attached hydrogens (tertiary/aromatic N) is 4. The Kier molecular flexibility index (Phi) is 6.64. The number of hydrogen-bond donors (Lipinski definition) is 1. The molecule has 0 unspecified atom stereocenters. The van der Waals surface area contributed by atoms with Crippen molar-refractivity contribution >= 4 is 5.69 Å². The van der Waals surface area contributed by atoms with E-state index >= 15 is 0 Å². The molecular weight excluding hydrogens is 374 g/mol. The molecule has 1 aliphatic heterocycles. The van der Waals surface area contributed by atoms with Crippen molar-refractivity contribution in [1.82, 2.24) is 20.1 Å². The molecule has 0 aliphatic carbocycles. The van der Waals surface area contributed by atoms with Gasteiger partial charge in [-0.3, -0.25) is 4.68 Å². The highest BCUT2D eigenvalue weighted by molar-refractivity contribution is 5.58. The first-order valence-corrected chi connectivity index (χ1v) is 10.8. The smallest absolute Gasteiger partial charge is 0.142 e. The molecule has 1 N–H and O–H groups in total. The summed E-state index contributed by atoms with van der Waals surface area (Å²) in [5.74, 6) is 0.944. The lowest BCUT2D eigenvalue weighted by molar-refractivity contribution is 0.349. The number of nitrogens with one attached hydrogen (secondary N) is 1. The zero-order chi connectivity index (χ0) is 20.8. The lowest BCUT2D eigenvalue weighted by Crippen LogP contribution is -2.47. The highest BCUT2D eigenvalue weighted by Gasteiger charge is 2.25. The minimum absolute atomic E-state index is 0.275. The summed E-state index contributed by atoms with van der Waals surface area (Å²) in [6, 6.07) is 17.9. The number of para-hydroxylation sites is 2. The molecule has 30 heavy (non-hydrogen) atoms. The van der Waals surface area contributed by atoms with Gasteiger partial charge in [-0.15, -0.1) is 0 Å². The van der Waals surface area contributed by atoms with Gasteiger partial charge in [-0.25, -0.2) is 4.98 Å². The standard InChI is InChI=1S/C24H31N5O/c1-19-9-11-20(12-10-19)22(13-15-29-18-25-17-26-29)27-21-6-5-14-28(16-21)23-7-3-4-8-24(23)30-2/h3-4,7-12,17-18,21-22,27H,5-6,13-16H2,1-2H3/t21-,22+/m0/s1. The summed E-state index contributed by atoms with van der Waals surface area (Å²) >= 11 is 0. The molecule has 0 radical (unpaired) electrons. The van der Waals surface area contributed by atoms with E-state index in [9.17, 15) is 0 Å². The maximum absolute atomic E-state index is 5.60. The minimum Gasteiger partial charge on any atom is -0.495 e. The average molecular weight is 406 g/mol. The first-order chi connectivity index (χ1) is 14.7. The van der Waals surface area contributed by atoms with Crippen LogP contribution < -0.4 is 15.0 Å². The fraction of sp³-hybridized carbons (Fsp3) is 0.417. The zero-order valence-electron chi connectivity index (χ0n) is 17.9. The van der Waals surface area contributed by atoms with Crippen molar-refractivity contribution in [3.8, 4) is 5.75 Å². The molecular formula is C24H31N5O. The second kappa shape index (κ2) is 9.76. The third-order valence-corrected chi connectivity index (χ3v) is 5.88. The van der Waals surface area contributed by atoms with Crippen LogP contribution >= 0.6 is 0 Å². The van der Waals surface area contributed by atoms with Crippen molar-refractivity contribution in [3.05, 3.63) is 72.3 Å². The number of aromatic nitrogens is 3. The van der Waals surface area contributed by atoms with Gasteiger partial charge >= 0.3 is 0 Å². The Morgan fingerprint density at radius 2 is 2.00 bits per heavy atom. The van der Waals surface area contributed by atoms with Gasteiger partial charge in [-0.1, -0.05) is 42.0 Å². The fourth-order valence-corrected chi connectivity index (χ4v) is 4.26. The highest BCUT2D eigenvalue weighted by atomic mass is 16.5. The number of ether oxygens (including phenoxy) is 1. The molecule has 6 heteroatoms. The van der Waals surface area contributed by atoms with Gasteiger partial charge in [0.05, 0.1) is 12.8 Å². The summed E-state index contributed by atoms with van der Waals surface area (Å²) in [6.07, 6.45) is 6.70. The molecule has 1 aliphatic rings. The molecule has 1 aromatic heterocycles. The highest BCUT2D eigenvalue weighted by Crippen LogP contribution is 2.30. The van der Waals surface area contributed by atoms with E-state index in [1.807, 2.05) is 16.8 Å². The average Bonchev–Trinajstić information content (AvgIpc) is 3.31. The van der Waals surface area contributed by atoms with Crippen molar-refractivity contribution in [3.63, 3.8) is 0 Å². The predicted molar refractivity (Wildman–Crippen MR) is 120 cm³/mol. The van der Waals surface area contributed by atoms with Gasteiger partial charge in [0, 0.05) is 31.7 Å². The Bertz CT molecular complexity index is 910. The van der Waals surface area contributed by atoms with Crippen LogP contribution in [-0.4, -0.2) is 41.0 Å². The van der Waals surface area contributed by atoms with Gasteiger partial charge in [0.25, 0.3) is 0 Å². The third-order valence-electron chi connectivity index (χ3n) is 5.88. The van der Waals surface area contributed by atoms with Gasteiger partial charge in [-0.05, 0) is 43.9 Å². The number of rotatable bonds is 8. The largest absolute Gasteiger partial charge is 0.495 e. The molecule has 0 saturated carbocycles. The molecule has 3 aromatic rings. The maximum atomic E-state index is 5.60. The molecule has 1 fully saturated rings. The summed E-state index contributed by atoms with van der Waals surface area (Å²) in [5, 5.41) is 8.22. The van der Waals surface area contributed by atoms with Crippen molar-refractivity contribution in [1.29, 1.82) is 0 Å². The predicted octanol–water partition coefficient (Wildman–Crippen LogP) is 3.99. The van der Waals surface area contributed by atoms with Gasteiger partial charge in [0.2, 0.25) is 0 Å². The number of methoxy groups -OCH3 is 1. The van der Waals surface area contributed by atoms with E-state index in [1.54, 1.807) is 19.8 Å². The molecule has 1 saturated heterocycles. The summed E-state index contributed by atoms with van der Waals surface area (Å²) in [4.78, 5) is 6.52. The van der Waals surface area contributed by atoms with Crippen LogP contribution in [0.2, 0.25) is 0 Å². The molecule has 2 heterocycles. The Morgan fingerprint density at radius 1 is 1.17 bits per heavy atom. The number of anilines is 1. The molecule has 6 nitrogen and oxygen atoms in total. The van der Waals surface area contributed by atoms with Crippen LogP contribution in [0.1, 0.15) is 36.4 Å². The van der Waals surface area contributed by atoms with Crippen molar-refractivity contribution < 1.29 is 4.74 Å². The second-order valence-electron chi connectivity index (χ2n) is 8.03. The first-order valence-electron chi connectivity index (χ1n) is 10.8. The quantitative estimate of drug-likeness (QED) is 0.614. The van der Waals surface area contributed by atoms with Crippen LogP contribution in [0.4, 0.5) is 5.69 Å². The van der Waals surface area contributed by atoms with Crippen LogP contribution in [0.25, 0.3) is 0 Å². The van der Waals surface area contributed by atoms with Crippen LogP contribution in [0.5, 0.6) is 5.75 Å². The van der Waals surface area contributed by atoms with Crippen LogP contribution in [0, 0.1) is 6.92 Å². The van der Waals surface area contributed by atoms with Crippen molar-refractivity contribution in [2.24, 2.45) is 0 Å². The first kappa shape index (κ1) is 20.4. The van der Waals surface area contributed by atoms with E-state index in [2.05, 4.69) is 63.6 Å². The van der Waals surface area contributed by atoms with E-state index < -0.39 is 0 Å². The number of aryl methyl sites for hydroxylation is 2. The van der Waals surface area contributed by atoms with Gasteiger partial charge < -0.3 is 15.0 Å². The van der Waals surface area contributed by atoms with Crippen molar-refractivity contribution in [2.45, 2.75) is 44.8 Å². The second-order valence-corrected chi connectivity index (χ2v) is 8.03. The molecule has 0 spiro atoms. The molecule has 158 valence electrons. The van der Waals surface area contributed by atoms with E-state index in [1.165, 1.54) is 29.7 Å².